The van der Waals surface area contributed by atoms with Gasteiger partial charge in [-0.3, -0.25) is 4.90 Å². The minimum Gasteiger partial charge on any atom is -0.377 e. The lowest BCUT2D eigenvalue weighted by Gasteiger charge is -2.43. The summed E-state index contributed by atoms with van der Waals surface area (Å²) < 4.78 is 33.1. The van der Waals surface area contributed by atoms with E-state index in [0.717, 1.165) is 45.2 Å². The van der Waals surface area contributed by atoms with Crippen molar-refractivity contribution in [3.8, 4) is 0 Å². The largest absolute Gasteiger partial charge is 0.377 e. The third kappa shape index (κ3) is 3.44. The summed E-state index contributed by atoms with van der Waals surface area (Å²) in [5, 5.41) is 0. The monoisotopic (exact) mass is 316 g/mol. The third-order valence-corrected chi connectivity index (χ3v) is 7.20. The Hall–Kier alpha value is -0.170. The fourth-order valence-corrected chi connectivity index (χ4v) is 6.00. The van der Waals surface area contributed by atoms with Crippen LogP contribution in [0.5, 0.6) is 0 Å². The second kappa shape index (κ2) is 6.52. The van der Waals surface area contributed by atoms with Crippen molar-refractivity contribution in [3.63, 3.8) is 0 Å². The zero-order valence-electron chi connectivity index (χ0n) is 13.0. The van der Waals surface area contributed by atoms with E-state index in [1.165, 1.54) is 6.42 Å². The van der Waals surface area contributed by atoms with Gasteiger partial charge in [-0.05, 0) is 45.1 Å². The summed E-state index contributed by atoms with van der Waals surface area (Å²) in [5.74, 6) is 0.177. The van der Waals surface area contributed by atoms with Crippen LogP contribution in [-0.2, 0) is 14.8 Å². The molecule has 0 amide bonds. The van der Waals surface area contributed by atoms with E-state index in [2.05, 4.69) is 11.8 Å². The van der Waals surface area contributed by atoms with E-state index in [-0.39, 0.29) is 17.9 Å². The standard InChI is InChI=1S/C15H28N2O3S/c1-2-13-10-16-8-5-6-14(16)11-17(13)21(18,19)12-15-7-3-4-9-20-15/h13-15H,2-12H2,1H3/t13-,14+,15+/m1/s1. The van der Waals surface area contributed by atoms with Crippen LogP contribution < -0.4 is 0 Å². The first-order chi connectivity index (χ1) is 10.1. The molecule has 122 valence electrons. The SMILES string of the molecule is CC[C@@H]1CN2CCC[C@H]2CN1S(=O)(=O)C[C@@H]1CCCCO1. The first-order valence-corrected chi connectivity index (χ1v) is 10.1. The Morgan fingerprint density at radius 1 is 1.14 bits per heavy atom. The molecule has 6 heteroatoms. The predicted octanol–water partition coefficient (Wildman–Crippen LogP) is 1.44. The molecular weight excluding hydrogens is 288 g/mol. The zero-order chi connectivity index (χ0) is 14.9. The summed E-state index contributed by atoms with van der Waals surface area (Å²) in [5.41, 5.74) is 0. The van der Waals surface area contributed by atoms with Crippen molar-refractivity contribution >= 4 is 10.0 Å². The lowest BCUT2D eigenvalue weighted by molar-refractivity contribution is 0.0287. The van der Waals surface area contributed by atoms with Gasteiger partial charge >= 0.3 is 0 Å². The number of piperazine rings is 1. The molecule has 0 N–H and O–H groups in total. The van der Waals surface area contributed by atoms with Gasteiger partial charge in [0.1, 0.15) is 0 Å². The van der Waals surface area contributed by atoms with E-state index < -0.39 is 10.0 Å². The van der Waals surface area contributed by atoms with Crippen molar-refractivity contribution < 1.29 is 13.2 Å². The van der Waals surface area contributed by atoms with Gasteiger partial charge < -0.3 is 4.74 Å². The minimum atomic E-state index is -3.20. The molecule has 3 aliphatic heterocycles. The smallest absolute Gasteiger partial charge is 0.217 e. The molecule has 3 rings (SSSR count). The molecule has 0 radical (unpaired) electrons. The first kappa shape index (κ1) is 15.7. The van der Waals surface area contributed by atoms with Crippen LogP contribution in [0.25, 0.3) is 0 Å². The molecule has 3 fully saturated rings. The Bertz CT molecular complexity index is 448. The van der Waals surface area contributed by atoms with Gasteiger partial charge in [0.2, 0.25) is 10.0 Å². The summed E-state index contributed by atoms with van der Waals surface area (Å²) >= 11 is 0. The quantitative estimate of drug-likeness (QED) is 0.787. The second-order valence-corrected chi connectivity index (χ2v) is 8.66. The maximum absolute atomic E-state index is 12.8. The predicted molar refractivity (Wildman–Crippen MR) is 82.8 cm³/mol. The van der Waals surface area contributed by atoms with Crippen LogP contribution in [0.1, 0.15) is 45.4 Å². The van der Waals surface area contributed by atoms with Crippen molar-refractivity contribution in [2.75, 3.05) is 32.0 Å². The highest BCUT2D eigenvalue weighted by Gasteiger charge is 2.41. The van der Waals surface area contributed by atoms with Crippen LogP contribution >= 0.6 is 0 Å². The van der Waals surface area contributed by atoms with Crippen molar-refractivity contribution in [3.05, 3.63) is 0 Å². The maximum atomic E-state index is 12.8. The highest BCUT2D eigenvalue weighted by atomic mass is 32.2. The van der Waals surface area contributed by atoms with Gasteiger partial charge in [0, 0.05) is 31.8 Å². The van der Waals surface area contributed by atoms with Crippen molar-refractivity contribution in [1.29, 1.82) is 0 Å². The highest BCUT2D eigenvalue weighted by Crippen LogP contribution is 2.28. The Labute approximate surface area is 128 Å². The zero-order valence-corrected chi connectivity index (χ0v) is 13.9. The fraction of sp³-hybridized carbons (Fsp3) is 1.00. The molecule has 3 atom stereocenters. The fourth-order valence-electron chi connectivity index (χ4n) is 4.00. The maximum Gasteiger partial charge on any atom is 0.217 e. The van der Waals surface area contributed by atoms with Crippen LogP contribution in [0.15, 0.2) is 0 Å². The van der Waals surface area contributed by atoms with Gasteiger partial charge in [0.15, 0.2) is 0 Å². The van der Waals surface area contributed by atoms with Crippen molar-refractivity contribution in [1.82, 2.24) is 9.21 Å². The van der Waals surface area contributed by atoms with Gasteiger partial charge in [0.25, 0.3) is 0 Å². The van der Waals surface area contributed by atoms with E-state index in [9.17, 15) is 8.42 Å². The third-order valence-electron chi connectivity index (χ3n) is 5.24. The molecule has 3 aliphatic rings. The molecule has 0 aromatic rings. The average Bonchev–Trinajstić information content (AvgIpc) is 2.93. The van der Waals surface area contributed by atoms with E-state index in [1.807, 2.05) is 0 Å². The molecule has 0 bridgehead atoms. The number of ether oxygens (including phenoxy) is 1. The summed E-state index contributed by atoms with van der Waals surface area (Å²) in [6, 6.07) is 0.586. The lowest BCUT2D eigenvalue weighted by Crippen LogP contribution is -2.58. The van der Waals surface area contributed by atoms with E-state index in [0.29, 0.717) is 19.2 Å². The normalized spacial score (nSPS) is 35.8. The van der Waals surface area contributed by atoms with E-state index in [1.54, 1.807) is 4.31 Å². The van der Waals surface area contributed by atoms with Crippen LogP contribution in [0.4, 0.5) is 0 Å². The molecule has 21 heavy (non-hydrogen) atoms. The molecule has 0 unspecified atom stereocenters. The van der Waals surface area contributed by atoms with Gasteiger partial charge in [-0.15, -0.1) is 0 Å². The molecule has 0 aromatic heterocycles. The second-order valence-electron chi connectivity index (χ2n) is 6.69. The Kier molecular flexibility index (Phi) is 4.88. The van der Waals surface area contributed by atoms with E-state index in [4.69, 9.17) is 4.74 Å². The lowest BCUT2D eigenvalue weighted by atomic mass is 10.1. The highest BCUT2D eigenvalue weighted by molar-refractivity contribution is 7.89. The van der Waals surface area contributed by atoms with Crippen LogP contribution in [0, 0.1) is 0 Å². The Morgan fingerprint density at radius 3 is 2.71 bits per heavy atom. The Balaban J connectivity index is 1.69. The Morgan fingerprint density at radius 2 is 2.00 bits per heavy atom. The van der Waals surface area contributed by atoms with Crippen molar-refractivity contribution in [2.45, 2.75) is 63.6 Å². The topological polar surface area (TPSA) is 49.9 Å². The minimum absolute atomic E-state index is 0.0946. The number of hydrogen-bond acceptors (Lipinski definition) is 4. The van der Waals surface area contributed by atoms with Crippen molar-refractivity contribution in [2.24, 2.45) is 0 Å². The van der Waals surface area contributed by atoms with Gasteiger partial charge in [-0.2, -0.15) is 4.31 Å². The van der Waals surface area contributed by atoms with Crippen LogP contribution in [-0.4, -0.2) is 67.8 Å². The molecule has 5 nitrogen and oxygen atoms in total. The molecule has 3 heterocycles. The summed E-state index contributed by atoms with van der Waals surface area (Å²) in [4.78, 5) is 2.48. The number of fused-ring (bicyclic) bond motifs is 1. The van der Waals surface area contributed by atoms with E-state index >= 15 is 0 Å². The van der Waals surface area contributed by atoms with Crippen LogP contribution in [0.3, 0.4) is 0 Å². The van der Waals surface area contributed by atoms with Crippen LogP contribution in [0.2, 0.25) is 0 Å². The molecule has 3 saturated heterocycles. The van der Waals surface area contributed by atoms with Gasteiger partial charge in [-0.25, -0.2) is 8.42 Å². The van der Waals surface area contributed by atoms with Gasteiger partial charge in [-0.1, -0.05) is 6.92 Å². The summed E-state index contributed by atoms with van der Waals surface area (Å²) in [7, 11) is -3.20. The average molecular weight is 316 g/mol. The number of sulfonamides is 1. The summed E-state index contributed by atoms with van der Waals surface area (Å²) in [6.45, 7) is 5.55. The number of rotatable bonds is 4. The first-order valence-electron chi connectivity index (χ1n) is 8.45. The number of nitrogens with zero attached hydrogens (tertiary/aromatic N) is 2. The molecule has 0 saturated carbocycles. The van der Waals surface area contributed by atoms with Gasteiger partial charge in [0.05, 0.1) is 11.9 Å². The molecule has 0 aliphatic carbocycles. The molecule has 0 spiro atoms. The molecule has 0 aromatic carbocycles. The molecular formula is C15H28N2O3S. The number of hydrogen-bond donors (Lipinski definition) is 0. The summed E-state index contributed by atoms with van der Waals surface area (Å²) in [6.07, 6.45) is 6.20.